The summed E-state index contributed by atoms with van der Waals surface area (Å²) in [6, 6.07) is 11.8. The Morgan fingerprint density at radius 3 is 2.50 bits per heavy atom. The second kappa shape index (κ2) is 5.97. The molecule has 0 saturated carbocycles. The van der Waals surface area contributed by atoms with E-state index in [1.807, 2.05) is 0 Å². The molecule has 0 spiro atoms. The molecule has 0 aliphatic heterocycles. The summed E-state index contributed by atoms with van der Waals surface area (Å²) in [5, 5.41) is 13.1. The zero-order valence-corrected chi connectivity index (χ0v) is 10.8. The molecule has 0 unspecified atom stereocenters. The van der Waals surface area contributed by atoms with Gasteiger partial charge in [0.15, 0.2) is 0 Å². The standard InChI is InChI=1S/C15H13FN2O2/c1-10(11-5-7-14(19)8-6-11)17-18-15(20)12-3-2-4-13(16)9-12/h2-9,19H,1H3,(H,18,20)/b17-10+. The Morgan fingerprint density at radius 2 is 1.85 bits per heavy atom. The molecular formula is C15H13FN2O2. The summed E-state index contributed by atoms with van der Waals surface area (Å²) in [7, 11) is 0. The van der Waals surface area contributed by atoms with Crippen molar-refractivity contribution >= 4 is 11.6 Å². The Balaban J connectivity index is 2.08. The Bertz CT molecular complexity index is 651. The lowest BCUT2D eigenvalue weighted by Gasteiger charge is -2.03. The molecule has 0 aliphatic carbocycles. The predicted molar refractivity (Wildman–Crippen MR) is 74.2 cm³/mol. The molecule has 5 heteroatoms. The van der Waals surface area contributed by atoms with Crippen molar-refractivity contribution in [2.75, 3.05) is 0 Å². The first-order valence-corrected chi connectivity index (χ1v) is 5.96. The summed E-state index contributed by atoms with van der Waals surface area (Å²) in [4.78, 5) is 11.8. The van der Waals surface area contributed by atoms with Crippen molar-refractivity contribution in [3.63, 3.8) is 0 Å². The van der Waals surface area contributed by atoms with E-state index in [9.17, 15) is 14.3 Å². The van der Waals surface area contributed by atoms with Gasteiger partial charge in [0.25, 0.3) is 5.91 Å². The molecule has 0 radical (unpaired) electrons. The van der Waals surface area contributed by atoms with Crippen LogP contribution in [0.15, 0.2) is 53.6 Å². The predicted octanol–water partition coefficient (Wildman–Crippen LogP) is 2.69. The Hall–Kier alpha value is -2.69. The number of hydrogen-bond donors (Lipinski definition) is 2. The average Bonchev–Trinajstić information content (AvgIpc) is 2.45. The summed E-state index contributed by atoms with van der Waals surface area (Å²) in [6.45, 7) is 1.72. The number of carbonyl (C=O) groups excluding carboxylic acids is 1. The maximum Gasteiger partial charge on any atom is 0.271 e. The molecule has 0 aromatic heterocycles. The number of phenols is 1. The number of rotatable bonds is 3. The minimum absolute atomic E-state index is 0.158. The fraction of sp³-hybridized carbons (Fsp3) is 0.0667. The lowest BCUT2D eigenvalue weighted by molar-refractivity contribution is 0.0954. The normalized spacial score (nSPS) is 11.2. The first-order valence-electron chi connectivity index (χ1n) is 5.96. The third kappa shape index (κ3) is 3.41. The molecule has 0 bridgehead atoms. The quantitative estimate of drug-likeness (QED) is 0.666. The van der Waals surface area contributed by atoms with Crippen LogP contribution in [0.2, 0.25) is 0 Å². The van der Waals surface area contributed by atoms with Gasteiger partial charge in [0, 0.05) is 5.56 Å². The number of carbonyl (C=O) groups is 1. The van der Waals surface area contributed by atoms with Gasteiger partial charge in [0.2, 0.25) is 0 Å². The minimum atomic E-state index is -0.484. The van der Waals surface area contributed by atoms with E-state index in [0.717, 1.165) is 11.6 Å². The zero-order valence-electron chi connectivity index (χ0n) is 10.8. The Labute approximate surface area is 115 Å². The van der Waals surface area contributed by atoms with E-state index in [4.69, 9.17) is 0 Å². The van der Waals surface area contributed by atoms with Gasteiger partial charge in [-0.1, -0.05) is 6.07 Å². The van der Waals surface area contributed by atoms with Crippen molar-refractivity contribution in [1.29, 1.82) is 0 Å². The van der Waals surface area contributed by atoms with E-state index in [-0.39, 0.29) is 11.3 Å². The van der Waals surface area contributed by atoms with Crippen LogP contribution in [0.3, 0.4) is 0 Å². The summed E-state index contributed by atoms with van der Waals surface area (Å²) in [5.41, 5.74) is 3.90. The molecule has 1 amide bonds. The summed E-state index contributed by atoms with van der Waals surface area (Å²) in [5.74, 6) is -0.801. The smallest absolute Gasteiger partial charge is 0.271 e. The number of nitrogens with zero attached hydrogens (tertiary/aromatic N) is 1. The SMILES string of the molecule is C/C(=N\NC(=O)c1cccc(F)c1)c1ccc(O)cc1. The van der Waals surface area contributed by atoms with Crippen LogP contribution in [-0.4, -0.2) is 16.7 Å². The number of amides is 1. The molecule has 20 heavy (non-hydrogen) atoms. The number of benzene rings is 2. The van der Waals surface area contributed by atoms with Gasteiger partial charge >= 0.3 is 0 Å². The number of hydrogen-bond acceptors (Lipinski definition) is 3. The number of phenolic OH excluding ortho intramolecular Hbond substituents is 1. The van der Waals surface area contributed by atoms with Gasteiger partial charge in [-0.2, -0.15) is 5.10 Å². The first kappa shape index (κ1) is 13.7. The molecule has 102 valence electrons. The van der Waals surface area contributed by atoms with Crippen LogP contribution in [-0.2, 0) is 0 Å². The van der Waals surface area contributed by atoms with Crippen molar-refractivity contribution in [1.82, 2.24) is 5.43 Å². The third-order valence-electron chi connectivity index (χ3n) is 2.70. The third-order valence-corrected chi connectivity index (χ3v) is 2.70. The summed E-state index contributed by atoms with van der Waals surface area (Å²) >= 11 is 0. The lowest BCUT2D eigenvalue weighted by Crippen LogP contribution is -2.19. The highest BCUT2D eigenvalue weighted by atomic mass is 19.1. The van der Waals surface area contributed by atoms with Gasteiger partial charge in [-0.05, 0) is 55.0 Å². The fourth-order valence-electron chi connectivity index (χ4n) is 1.60. The van der Waals surface area contributed by atoms with E-state index < -0.39 is 11.7 Å². The molecular weight excluding hydrogens is 259 g/mol. The highest BCUT2D eigenvalue weighted by Crippen LogP contribution is 2.10. The van der Waals surface area contributed by atoms with Crippen molar-refractivity contribution in [3.8, 4) is 5.75 Å². The van der Waals surface area contributed by atoms with Gasteiger partial charge in [0.05, 0.1) is 5.71 Å². The molecule has 2 aromatic carbocycles. The minimum Gasteiger partial charge on any atom is -0.508 e. The van der Waals surface area contributed by atoms with Crippen molar-refractivity contribution in [2.24, 2.45) is 5.10 Å². The van der Waals surface area contributed by atoms with Crippen molar-refractivity contribution < 1.29 is 14.3 Å². The monoisotopic (exact) mass is 272 g/mol. The molecule has 0 atom stereocenters. The van der Waals surface area contributed by atoms with Gasteiger partial charge in [-0.15, -0.1) is 0 Å². The molecule has 2 N–H and O–H groups in total. The molecule has 0 aliphatic rings. The molecule has 0 heterocycles. The highest BCUT2D eigenvalue weighted by Gasteiger charge is 2.05. The number of nitrogens with one attached hydrogen (secondary N) is 1. The Kier molecular flexibility index (Phi) is 4.10. The van der Waals surface area contributed by atoms with Gasteiger partial charge in [-0.25, -0.2) is 9.82 Å². The van der Waals surface area contributed by atoms with E-state index >= 15 is 0 Å². The largest absolute Gasteiger partial charge is 0.508 e. The van der Waals surface area contributed by atoms with Gasteiger partial charge < -0.3 is 5.11 Å². The van der Waals surface area contributed by atoms with Gasteiger partial charge in [0.1, 0.15) is 11.6 Å². The van der Waals surface area contributed by atoms with Crippen LogP contribution in [0, 0.1) is 5.82 Å². The van der Waals surface area contributed by atoms with Crippen LogP contribution in [0.25, 0.3) is 0 Å². The van der Waals surface area contributed by atoms with Crippen molar-refractivity contribution in [2.45, 2.75) is 6.92 Å². The van der Waals surface area contributed by atoms with Crippen LogP contribution in [0.5, 0.6) is 5.75 Å². The topological polar surface area (TPSA) is 61.7 Å². The molecule has 2 rings (SSSR count). The van der Waals surface area contributed by atoms with Gasteiger partial charge in [-0.3, -0.25) is 4.79 Å². The maximum atomic E-state index is 13.0. The van der Waals surface area contributed by atoms with Crippen LogP contribution >= 0.6 is 0 Å². The highest BCUT2D eigenvalue weighted by molar-refractivity contribution is 6.00. The fourth-order valence-corrected chi connectivity index (χ4v) is 1.60. The number of aromatic hydroxyl groups is 1. The molecule has 0 fully saturated rings. The second-order valence-electron chi connectivity index (χ2n) is 4.20. The summed E-state index contributed by atoms with van der Waals surface area (Å²) in [6.07, 6.45) is 0. The zero-order chi connectivity index (χ0) is 14.5. The Morgan fingerprint density at radius 1 is 1.15 bits per heavy atom. The van der Waals surface area contributed by atoms with Crippen LogP contribution in [0.1, 0.15) is 22.8 Å². The second-order valence-corrected chi connectivity index (χ2v) is 4.20. The number of hydrazone groups is 1. The number of halogens is 1. The average molecular weight is 272 g/mol. The first-order chi connectivity index (χ1) is 9.56. The van der Waals surface area contributed by atoms with E-state index in [1.54, 1.807) is 19.1 Å². The van der Waals surface area contributed by atoms with E-state index in [0.29, 0.717) is 5.71 Å². The molecule has 2 aromatic rings. The van der Waals surface area contributed by atoms with Crippen molar-refractivity contribution in [3.05, 3.63) is 65.5 Å². The lowest BCUT2D eigenvalue weighted by atomic mass is 10.1. The van der Waals surface area contributed by atoms with Crippen LogP contribution in [0.4, 0.5) is 4.39 Å². The maximum absolute atomic E-state index is 13.0. The summed E-state index contributed by atoms with van der Waals surface area (Å²) < 4.78 is 13.0. The van der Waals surface area contributed by atoms with Crippen LogP contribution < -0.4 is 5.43 Å². The van der Waals surface area contributed by atoms with E-state index in [1.165, 1.54) is 30.3 Å². The van der Waals surface area contributed by atoms with E-state index in [2.05, 4.69) is 10.5 Å². The molecule has 4 nitrogen and oxygen atoms in total. The molecule has 0 saturated heterocycles.